The molecule has 3 fully saturated rings. The Balaban J connectivity index is 1.69. The van der Waals surface area contributed by atoms with Gasteiger partial charge in [-0.2, -0.15) is 0 Å². The Hall–Kier alpha value is -0.600. The van der Waals surface area contributed by atoms with Crippen molar-refractivity contribution in [3.8, 4) is 0 Å². The van der Waals surface area contributed by atoms with E-state index in [1.807, 2.05) is 0 Å². The van der Waals surface area contributed by atoms with Crippen molar-refractivity contribution in [2.24, 2.45) is 28.6 Å². The molecule has 4 rings (SSSR count). The first-order valence-electron chi connectivity index (χ1n) is 9.09. The topological polar surface area (TPSA) is 40.5 Å². The second-order valence-electron chi connectivity index (χ2n) is 9.02. The Kier molecular flexibility index (Phi) is 3.05. The average molecular weight is 302 g/mol. The predicted octanol–water partition coefficient (Wildman–Crippen LogP) is 4.19. The summed E-state index contributed by atoms with van der Waals surface area (Å²) in [4.78, 5) is 0. The molecule has 2 N–H and O–H groups in total. The molecule has 0 radical (unpaired) electrons. The molecule has 22 heavy (non-hydrogen) atoms. The van der Waals surface area contributed by atoms with Crippen molar-refractivity contribution in [3.05, 3.63) is 23.8 Å². The molecule has 0 saturated heterocycles. The van der Waals surface area contributed by atoms with E-state index in [0.717, 1.165) is 30.6 Å². The number of fused-ring (bicyclic) bond motifs is 5. The van der Waals surface area contributed by atoms with Gasteiger partial charge in [0.15, 0.2) is 5.79 Å². The molecule has 0 aliphatic heterocycles. The Morgan fingerprint density at radius 1 is 1.05 bits per heavy atom. The number of hydrogen-bond donors (Lipinski definition) is 2. The molecule has 0 bridgehead atoms. The van der Waals surface area contributed by atoms with Gasteiger partial charge in [0.2, 0.25) is 0 Å². The molecule has 2 nitrogen and oxygen atoms in total. The van der Waals surface area contributed by atoms with E-state index in [2.05, 4.69) is 26.5 Å². The van der Waals surface area contributed by atoms with Crippen LogP contribution >= 0.6 is 0 Å². The summed E-state index contributed by atoms with van der Waals surface area (Å²) < 4.78 is 0. The Labute approximate surface area is 134 Å². The van der Waals surface area contributed by atoms with Crippen molar-refractivity contribution >= 4 is 0 Å². The van der Waals surface area contributed by atoms with Crippen molar-refractivity contribution in [1.29, 1.82) is 0 Å². The minimum Gasteiger partial charge on any atom is -0.365 e. The van der Waals surface area contributed by atoms with Crippen LogP contribution in [-0.4, -0.2) is 16.0 Å². The molecule has 0 heterocycles. The lowest BCUT2D eigenvalue weighted by atomic mass is 9.47. The van der Waals surface area contributed by atoms with Crippen molar-refractivity contribution in [2.75, 3.05) is 0 Å². The van der Waals surface area contributed by atoms with Crippen LogP contribution in [0.4, 0.5) is 0 Å². The molecule has 4 aliphatic carbocycles. The minimum absolute atomic E-state index is 0.198. The van der Waals surface area contributed by atoms with Gasteiger partial charge in [0.25, 0.3) is 0 Å². The summed E-state index contributed by atoms with van der Waals surface area (Å²) in [6, 6.07) is 0. The monoisotopic (exact) mass is 302 g/mol. The summed E-state index contributed by atoms with van der Waals surface area (Å²) in [6.45, 7) is 9.24. The molecule has 0 unspecified atom stereocenters. The minimum atomic E-state index is -1.47. The quantitative estimate of drug-likeness (QED) is 0.520. The molecule has 5 atom stereocenters. The first kappa shape index (κ1) is 15.0. The van der Waals surface area contributed by atoms with Gasteiger partial charge in [-0.25, -0.2) is 0 Å². The van der Waals surface area contributed by atoms with Gasteiger partial charge in [-0.05, 0) is 67.1 Å². The van der Waals surface area contributed by atoms with Gasteiger partial charge in [-0.15, -0.1) is 0 Å². The summed E-state index contributed by atoms with van der Waals surface area (Å²) in [7, 11) is 0. The molecule has 0 amide bonds. The third-order valence-electron chi connectivity index (χ3n) is 8.10. The van der Waals surface area contributed by atoms with Gasteiger partial charge in [0.1, 0.15) is 0 Å². The smallest absolute Gasteiger partial charge is 0.166 e. The van der Waals surface area contributed by atoms with Gasteiger partial charge in [-0.3, -0.25) is 0 Å². The number of allylic oxidation sites excluding steroid dienone is 2. The van der Waals surface area contributed by atoms with E-state index >= 15 is 0 Å². The first-order valence-corrected chi connectivity index (χ1v) is 9.09. The molecule has 0 aromatic carbocycles. The van der Waals surface area contributed by atoms with Crippen LogP contribution in [-0.2, 0) is 0 Å². The fourth-order valence-corrected chi connectivity index (χ4v) is 6.54. The fourth-order valence-electron chi connectivity index (χ4n) is 6.54. The summed E-state index contributed by atoms with van der Waals surface area (Å²) in [6.07, 6.45) is 10.5. The summed E-state index contributed by atoms with van der Waals surface area (Å²) in [5.41, 5.74) is 3.38. The van der Waals surface area contributed by atoms with Crippen LogP contribution in [0.1, 0.15) is 65.2 Å². The third-order valence-corrected chi connectivity index (χ3v) is 8.10. The van der Waals surface area contributed by atoms with E-state index < -0.39 is 5.79 Å². The number of aliphatic hydroxyl groups is 2. The molecular weight excluding hydrogens is 272 g/mol. The first-order chi connectivity index (χ1) is 10.3. The molecule has 2 heteroatoms. The van der Waals surface area contributed by atoms with Gasteiger partial charge in [-0.1, -0.05) is 37.6 Å². The van der Waals surface area contributed by atoms with Crippen LogP contribution in [0.25, 0.3) is 0 Å². The highest BCUT2D eigenvalue weighted by atomic mass is 16.5. The molecule has 3 saturated carbocycles. The lowest BCUT2D eigenvalue weighted by molar-refractivity contribution is -0.188. The van der Waals surface area contributed by atoms with Crippen LogP contribution in [0.15, 0.2) is 23.8 Å². The highest BCUT2D eigenvalue weighted by molar-refractivity contribution is 5.28. The number of hydrogen-bond acceptors (Lipinski definition) is 2. The van der Waals surface area contributed by atoms with E-state index in [9.17, 15) is 10.2 Å². The Bertz CT molecular complexity index is 546. The van der Waals surface area contributed by atoms with Gasteiger partial charge >= 0.3 is 0 Å². The van der Waals surface area contributed by atoms with Crippen LogP contribution in [0.3, 0.4) is 0 Å². The molecule has 0 aromatic rings. The van der Waals surface area contributed by atoms with Gasteiger partial charge in [0, 0.05) is 12.8 Å². The predicted molar refractivity (Wildman–Crippen MR) is 88.0 cm³/mol. The van der Waals surface area contributed by atoms with Crippen LogP contribution in [0.5, 0.6) is 0 Å². The molecule has 0 aromatic heterocycles. The standard InChI is InChI=1S/C20H30O2/c1-13-4-7-16-15-6-5-14-12-20(21,22)11-10-19(14,3)17(15)8-9-18(13,16)2/h5,15-17,21-22H,1,4,6-12H2,2-3H3/t15-,16-,17+,18+,19-/m0/s1. The summed E-state index contributed by atoms with van der Waals surface area (Å²) >= 11 is 0. The normalized spacial score (nSPS) is 49.9. The van der Waals surface area contributed by atoms with Crippen LogP contribution in [0, 0.1) is 28.6 Å². The second kappa shape index (κ2) is 4.48. The number of rotatable bonds is 0. The maximum atomic E-state index is 10.1. The Morgan fingerprint density at radius 3 is 2.55 bits per heavy atom. The maximum Gasteiger partial charge on any atom is 0.166 e. The lowest BCUT2D eigenvalue weighted by Crippen LogP contribution is -2.51. The lowest BCUT2D eigenvalue weighted by Gasteiger charge is -2.58. The van der Waals surface area contributed by atoms with Gasteiger partial charge < -0.3 is 10.2 Å². The Morgan fingerprint density at radius 2 is 1.77 bits per heavy atom. The maximum absolute atomic E-state index is 10.1. The van der Waals surface area contributed by atoms with Crippen LogP contribution < -0.4 is 0 Å². The summed E-state index contributed by atoms with van der Waals surface area (Å²) in [5.74, 6) is 0.829. The zero-order chi connectivity index (χ0) is 15.8. The van der Waals surface area contributed by atoms with E-state index in [0.29, 0.717) is 18.3 Å². The van der Waals surface area contributed by atoms with Crippen molar-refractivity contribution in [2.45, 2.75) is 71.0 Å². The fraction of sp³-hybridized carbons (Fsp3) is 0.800. The van der Waals surface area contributed by atoms with E-state index in [1.54, 1.807) is 0 Å². The highest BCUT2D eigenvalue weighted by Gasteiger charge is 2.57. The van der Waals surface area contributed by atoms with Crippen LogP contribution in [0.2, 0.25) is 0 Å². The molecule has 122 valence electrons. The van der Waals surface area contributed by atoms with Gasteiger partial charge in [0.05, 0.1) is 0 Å². The molecule has 4 aliphatic rings. The van der Waals surface area contributed by atoms with Crippen molar-refractivity contribution in [1.82, 2.24) is 0 Å². The zero-order valence-corrected chi connectivity index (χ0v) is 14.1. The van der Waals surface area contributed by atoms with E-state index in [4.69, 9.17) is 0 Å². The van der Waals surface area contributed by atoms with E-state index in [-0.39, 0.29) is 5.41 Å². The molecule has 0 spiro atoms. The molecular formula is C20H30O2. The van der Waals surface area contributed by atoms with Crippen molar-refractivity contribution in [3.63, 3.8) is 0 Å². The SMILES string of the molecule is C=C1CC[C@H]2[C@@H]3CC=C4CC(O)(O)CC[C@]4(C)[C@@H]3CC[C@]12C. The zero-order valence-electron chi connectivity index (χ0n) is 14.1. The van der Waals surface area contributed by atoms with Crippen molar-refractivity contribution < 1.29 is 10.2 Å². The largest absolute Gasteiger partial charge is 0.365 e. The summed E-state index contributed by atoms with van der Waals surface area (Å²) in [5, 5.41) is 20.1. The average Bonchev–Trinajstić information content (AvgIpc) is 2.76. The second-order valence-corrected chi connectivity index (χ2v) is 9.02. The third kappa shape index (κ3) is 1.86. The van der Waals surface area contributed by atoms with E-state index in [1.165, 1.54) is 36.8 Å². The highest BCUT2D eigenvalue weighted by Crippen LogP contribution is 2.66.